The molecule has 10 nitrogen and oxygen atoms in total. The average molecular weight is 969 g/mol. The number of fused-ring (bicyclic) bond motifs is 11. The number of carbonyl (C=O) groups is 2. The SMILES string of the molecule is [C-]#[N+]/C(C#N)=C1\C(=N\c2cc3c(s2)C2=CC4C=C5OC6(CCCCC6)c6cc(/N=C7\C(=O)c8cc(F)c(F)cc8\C7=C(\C#N)[N+]#[C-])sc6C5=CC4C=C2OC32CCCCC2)C(=O)c2cc(F)c(F)cc21. The molecule has 0 bridgehead atoms. The van der Waals surface area contributed by atoms with Crippen LogP contribution in [0.2, 0.25) is 0 Å². The molecule has 16 heteroatoms. The van der Waals surface area contributed by atoms with Gasteiger partial charge in [-0.2, -0.15) is 0 Å². The van der Waals surface area contributed by atoms with Gasteiger partial charge < -0.3 is 9.47 Å². The Kier molecular flexibility index (Phi) is 9.88. The molecule has 2 aliphatic heterocycles. The first kappa shape index (κ1) is 43.5. The Bertz CT molecular complexity index is 3350. The van der Waals surface area contributed by atoms with E-state index in [-0.39, 0.29) is 56.7 Å². The summed E-state index contributed by atoms with van der Waals surface area (Å²) in [5, 5.41) is 20.6. The van der Waals surface area contributed by atoms with E-state index in [0.717, 1.165) is 121 Å². The third kappa shape index (κ3) is 6.37. The van der Waals surface area contributed by atoms with Gasteiger partial charge in [0.2, 0.25) is 11.6 Å². The Balaban J connectivity index is 0.960. The second-order valence-electron chi connectivity index (χ2n) is 18.4. The van der Waals surface area contributed by atoms with Gasteiger partial charge in [-0.15, -0.1) is 22.7 Å². The molecule has 2 aromatic carbocycles. The van der Waals surface area contributed by atoms with Crippen LogP contribution in [0.1, 0.15) is 117 Å². The summed E-state index contributed by atoms with van der Waals surface area (Å²) >= 11 is 2.69. The molecule has 2 unspecified atom stereocenters. The van der Waals surface area contributed by atoms with Crippen molar-refractivity contribution in [3.63, 3.8) is 0 Å². The molecular weight excluding hydrogens is 937 g/mol. The Hall–Kier alpha value is -7.76. The van der Waals surface area contributed by atoms with E-state index in [1.165, 1.54) is 22.7 Å². The number of hydrogen-bond donors (Lipinski definition) is 0. The van der Waals surface area contributed by atoms with Crippen molar-refractivity contribution in [2.75, 3.05) is 0 Å². The molecule has 12 rings (SSSR count). The van der Waals surface area contributed by atoms with E-state index >= 15 is 0 Å². The van der Waals surface area contributed by atoms with Crippen LogP contribution in [0.25, 0.3) is 32.0 Å². The summed E-state index contributed by atoms with van der Waals surface area (Å²) in [5.74, 6) is -5.32. The lowest BCUT2D eigenvalue weighted by atomic mass is 9.72. The number of hydrogen-bond acceptors (Lipinski definition) is 10. The minimum atomic E-state index is -1.23. The first-order chi connectivity index (χ1) is 33.9. The fraction of sp³-hybridized carbons (Fsp3) is 0.259. The molecule has 8 aliphatic rings. The van der Waals surface area contributed by atoms with Gasteiger partial charge in [-0.05, 0) is 111 Å². The predicted molar refractivity (Wildman–Crippen MR) is 253 cm³/mol. The number of aliphatic imine (C=N–C) groups is 2. The number of halogens is 4. The molecule has 2 atom stereocenters. The zero-order chi connectivity index (χ0) is 48.4. The predicted octanol–water partition coefficient (Wildman–Crippen LogP) is 13.5. The van der Waals surface area contributed by atoms with Crippen LogP contribution in [0.15, 0.2) is 93.6 Å². The highest BCUT2D eigenvalue weighted by Gasteiger charge is 2.49. The fourth-order valence-corrected chi connectivity index (χ4v) is 13.8. The fourth-order valence-electron chi connectivity index (χ4n) is 11.4. The number of carbonyl (C=O) groups excluding carboxylic acids is 2. The second-order valence-corrected chi connectivity index (χ2v) is 20.5. The van der Waals surface area contributed by atoms with Gasteiger partial charge in [0.25, 0.3) is 11.4 Å². The molecule has 2 aromatic heterocycles. The van der Waals surface area contributed by atoms with Crippen LogP contribution in [0, 0.1) is 70.9 Å². The van der Waals surface area contributed by atoms with Crippen molar-refractivity contribution in [2.45, 2.75) is 75.4 Å². The smallest absolute Gasteiger partial charge is 0.271 e. The lowest BCUT2D eigenvalue weighted by molar-refractivity contribution is -0.0338. The number of ether oxygens (including phenoxy) is 2. The molecule has 0 amide bonds. The number of Topliss-reactive ketones (excluding diaryl/α,β-unsaturated/α-hetero) is 2. The second kappa shape index (κ2) is 15.9. The Morgan fingerprint density at radius 3 is 1.31 bits per heavy atom. The summed E-state index contributed by atoms with van der Waals surface area (Å²) in [6.45, 7) is 15.4. The van der Waals surface area contributed by atoms with E-state index in [2.05, 4.69) is 34.0 Å². The Morgan fingerprint density at radius 2 is 0.957 bits per heavy atom. The molecule has 2 spiro atoms. The van der Waals surface area contributed by atoms with E-state index < -0.39 is 57.4 Å². The van der Waals surface area contributed by atoms with Crippen LogP contribution in [0.3, 0.4) is 0 Å². The Labute approximate surface area is 405 Å². The maximum absolute atomic E-state index is 14.6. The van der Waals surface area contributed by atoms with E-state index in [9.17, 15) is 37.7 Å². The molecule has 2 fully saturated rings. The summed E-state index contributed by atoms with van der Waals surface area (Å²) < 4.78 is 72.4. The summed E-state index contributed by atoms with van der Waals surface area (Å²) in [4.78, 5) is 45.7. The van der Waals surface area contributed by atoms with Gasteiger partial charge in [0.05, 0.1) is 25.3 Å². The van der Waals surface area contributed by atoms with Crippen LogP contribution in [0.5, 0.6) is 0 Å². The van der Waals surface area contributed by atoms with Crippen molar-refractivity contribution >= 4 is 78.0 Å². The van der Waals surface area contributed by atoms with Crippen LogP contribution in [0.4, 0.5) is 27.6 Å². The number of thiophene rings is 2. The van der Waals surface area contributed by atoms with E-state index in [0.29, 0.717) is 21.5 Å². The highest BCUT2D eigenvalue weighted by Crippen LogP contribution is 2.60. The molecule has 0 radical (unpaired) electrons. The molecule has 70 heavy (non-hydrogen) atoms. The van der Waals surface area contributed by atoms with E-state index in [1.54, 1.807) is 12.1 Å². The van der Waals surface area contributed by atoms with Gasteiger partial charge in [0, 0.05) is 66.1 Å². The number of nitrogens with zero attached hydrogens (tertiary/aromatic N) is 6. The van der Waals surface area contributed by atoms with Crippen molar-refractivity contribution in [3.05, 3.63) is 173 Å². The van der Waals surface area contributed by atoms with Gasteiger partial charge >= 0.3 is 0 Å². The normalized spacial score (nSPS) is 24.3. The molecule has 4 aromatic rings. The number of allylic oxidation sites excluding steroid dienone is 10. The minimum absolute atomic E-state index is 0.0608. The largest absolute Gasteiger partial charge is 0.482 e. The summed E-state index contributed by atoms with van der Waals surface area (Å²) in [7, 11) is 0. The molecular formula is C54H32F4N6O4S2. The number of nitriles is 2. The summed E-state index contributed by atoms with van der Waals surface area (Å²) in [6.07, 6.45) is 17.2. The monoisotopic (exact) mass is 968 g/mol. The zero-order valence-corrected chi connectivity index (χ0v) is 38.3. The maximum Gasteiger partial charge on any atom is 0.271 e. The minimum Gasteiger partial charge on any atom is -0.482 e. The molecule has 2 saturated carbocycles. The van der Waals surface area contributed by atoms with Crippen LogP contribution in [-0.2, 0) is 20.7 Å². The zero-order valence-electron chi connectivity index (χ0n) is 36.6. The quantitative estimate of drug-likeness (QED) is 0.112. The van der Waals surface area contributed by atoms with Crippen LogP contribution < -0.4 is 0 Å². The average Bonchev–Trinajstić information content (AvgIpc) is 4.12. The first-order valence-electron chi connectivity index (χ1n) is 22.7. The highest BCUT2D eigenvalue weighted by molar-refractivity contribution is 7.17. The molecule has 4 heterocycles. The number of rotatable bonds is 2. The highest BCUT2D eigenvalue weighted by atomic mass is 32.1. The molecule has 0 N–H and O–H groups in total. The van der Waals surface area contributed by atoms with Crippen LogP contribution in [-0.4, -0.2) is 23.0 Å². The lowest BCUT2D eigenvalue weighted by Gasteiger charge is -2.46. The van der Waals surface area contributed by atoms with Crippen molar-refractivity contribution in [2.24, 2.45) is 21.8 Å². The van der Waals surface area contributed by atoms with Gasteiger partial charge in [0.15, 0.2) is 23.3 Å². The maximum atomic E-state index is 14.6. The van der Waals surface area contributed by atoms with Crippen molar-refractivity contribution in [1.29, 1.82) is 10.5 Å². The summed E-state index contributed by atoms with van der Waals surface area (Å²) in [5.41, 5.74) is -0.0488. The summed E-state index contributed by atoms with van der Waals surface area (Å²) in [6, 6.07) is 10.6. The topological polar surface area (TPSA) is 134 Å². The van der Waals surface area contributed by atoms with Crippen LogP contribution >= 0.6 is 22.7 Å². The first-order valence-corrected chi connectivity index (χ1v) is 24.4. The molecule has 0 saturated heterocycles. The van der Waals surface area contributed by atoms with Crippen molar-refractivity contribution in [3.8, 4) is 12.1 Å². The third-order valence-corrected chi connectivity index (χ3v) is 16.8. The molecule has 342 valence electrons. The van der Waals surface area contributed by atoms with Gasteiger partial charge in [0.1, 0.15) is 44.1 Å². The van der Waals surface area contributed by atoms with Gasteiger partial charge in [-0.25, -0.2) is 47.8 Å². The number of ketones is 2. The standard InChI is InChI=1S/C54H32F4N6O4S2/c1-61-39(23-59)45-27-17-35(55)37(57)19-29(27)49(65)47(45)63-43-21-33-51(69-43)31-13-25-16-42-32(14-26(25)15-41(31)67-53(33)9-5-3-6-10-53)52-34(54(68-42)11-7-4-8-12-54)22-44(70-52)64-48-46(40(24-60)62-2)28-18-36(56)38(58)20-30(28)50(48)66/h13-22,25-26H,3-12H2/b45-39-,46-40+,63-47-,64-48-. The molecule has 6 aliphatic carbocycles. The van der Waals surface area contributed by atoms with Crippen molar-refractivity contribution in [1.82, 2.24) is 0 Å². The van der Waals surface area contributed by atoms with Gasteiger partial charge in [-0.1, -0.05) is 25.0 Å². The van der Waals surface area contributed by atoms with E-state index in [1.807, 2.05) is 12.1 Å². The Morgan fingerprint density at radius 1 is 0.586 bits per heavy atom. The van der Waals surface area contributed by atoms with E-state index in [4.69, 9.17) is 32.6 Å². The lowest BCUT2D eigenvalue weighted by Crippen LogP contribution is -2.37. The van der Waals surface area contributed by atoms with Gasteiger partial charge in [-0.3, -0.25) is 9.59 Å². The third-order valence-electron chi connectivity index (χ3n) is 14.6. The number of benzene rings is 2. The van der Waals surface area contributed by atoms with Crippen molar-refractivity contribution < 1.29 is 36.6 Å².